The fourth-order valence-corrected chi connectivity index (χ4v) is 4.66. The van der Waals surface area contributed by atoms with Crippen LogP contribution in [0.3, 0.4) is 0 Å². The topological polar surface area (TPSA) is 105 Å². The molecule has 0 aliphatic heterocycles. The van der Waals surface area contributed by atoms with E-state index >= 15 is 0 Å². The van der Waals surface area contributed by atoms with Crippen LogP contribution in [0.25, 0.3) is 0 Å². The van der Waals surface area contributed by atoms with Crippen molar-refractivity contribution in [1.29, 1.82) is 0 Å². The lowest BCUT2D eigenvalue weighted by Gasteiger charge is -2.21. The first-order valence-electron chi connectivity index (χ1n) is 9.49. The molecule has 2 aromatic rings. The van der Waals surface area contributed by atoms with Crippen molar-refractivity contribution in [1.82, 2.24) is 0 Å². The molecule has 0 heterocycles. The fourth-order valence-electron chi connectivity index (χ4n) is 2.62. The molecule has 8 nitrogen and oxygen atoms in total. The lowest BCUT2D eigenvalue weighted by atomic mass is 10.2. The molecule has 33 heavy (non-hydrogen) atoms. The average Bonchev–Trinajstić information content (AvgIpc) is 2.66. The van der Waals surface area contributed by atoms with Crippen LogP contribution in [-0.2, 0) is 19.8 Å². The van der Waals surface area contributed by atoms with E-state index in [9.17, 15) is 32.6 Å². The highest BCUT2D eigenvalue weighted by Crippen LogP contribution is 2.54. The van der Waals surface area contributed by atoms with Crippen LogP contribution in [0.2, 0.25) is 5.02 Å². The molecule has 13 heteroatoms. The highest BCUT2D eigenvalue weighted by atomic mass is 35.5. The second-order valence-electron chi connectivity index (χ2n) is 7.29. The van der Waals surface area contributed by atoms with E-state index in [1.807, 2.05) is 0 Å². The van der Waals surface area contributed by atoms with Crippen LogP contribution in [0.1, 0.15) is 43.6 Å². The van der Waals surface area contributed by atoms with E-state index in [2.05, 4.69) is 0 Å². The predicted molar refractivity (Wildman–Crippen MR) is 114 cm³/mol. The lowest BCUT2D eigenvalue weighted by molar-refractivity contribution is -0.385. The van der Waals surface area contributed by atoms with E-state index in [1.54, 1.807) is 0 Å². The van der Waals surface area contributed by atoms with E-state index in [0.29, 0.717) is 6.07 Å². The Bertz CT molecular complexity index is 1090. The summed E-state index contributed by atoms with van der Waals surface area (Å²) in [5, 5.41) is 11.1. The molecular formula is C20H20ClF3NO7P. The molecule has 2 rings (SSSR count). The van der Waals surface area contributed by atoms with Gasteiger partial charge >= 0.3 is 13.8 Å². The highest BCUT2D eigenvalue weighted by Gasteiger charge is 2.41. The van der Waals surface area contributed by atoms with Crippen molar-refractivity contribution in [3.63, 3.8) is 0 Å². The number of nitro benzene ring substituents is 1. The summed E-state index contributed by atoms with van der Waals surface area (Å²) in [5.74, 6) is -0.372. The number of hydrogen-bond donors (Lipinski definition) is 0. The van der Waals surface area contributed by atoms with Crippen molar-refractivity contribution in [2.45, 2.75) is 46.1 Å². The van der Waals surface area contributed by atoms with E-state index in [0.717, 1.165) is 30.3 Å². The maximum atomic E-state index is 13.2. The third-order valence-corrected chi connectivity index (χ3v) is 6.26. The number of carbonyl (C=O) groups is 1. The van der Waals surface area contributed by atoms with Gasteiger partial charge in [-0.05, 0) is 58.0 Å². The number of hydrogen-bond acceptors (Lipinski definition) is 7. The third kappa shape index (κ3) is 6.77. The van der Waals surface area contributed by atoms with Crippen LogP contribution in [0.5, 0.6) is 11.5 Å². The number of nitro groups is 1. The van der Waals surface area contributed by atoms with E-state index in [4.69, 9.17) is 25.4 Å². The van der Waals surface area contributed by atoms with E-state index < -0.39 is 53.2 Å². The van der Waals surface area contributed by atoms with E-state index in [1.165, 1.54) is 27.7 Å². The van der Waals surface area contributed by atoms with Crippen LogP contribution >= 0.6 is 19.2 Å². The summed E-state index contributed by atoms with van der Waals surface area (Å²) in [6.07, 6.45) is -6.03. The van der Waals surface area contributed by atoms with E-state index in [-0.39, 0.29) is 16.5 Å². The Hall–Kier alpha value is -2.46. The molecule has 0 N–H and O–H groups in total. The van der Waals surface area contributed by atoms with Gasteiger partial charge in [-0.1, -0.05) is 11.6 Å². The minimum atomic E-state index is -4.62. The largest absolute Gasteiger partial charge is 0.456 e. The van der Waals surface area contributed by atoms with Gasteiger partial charge in [-0.25, -0.2) is 0 Å². The minimum absolute atomic E-state index is 0.175. The summed E-state index contributed by atoms with van der Waals surface area (Å²) in [4.78, 5) is 23.7. The van der Waals surface area contributed by atoms with Gasteiger partial charge in [-0.3, -0.25) is 19.5 Å². The SMILES string of the molecule is CC(C)OP(=O)(OC(C)C)C(=O)c1cc(Oc2ccc(C(F)(F)F)cc2Cl)ccc1[N+](=O)[O-]. The number of nitrogens with zero attached hydrogens (tertiary/aromatic N) is 1. The van der Waals surface area contributed by atoms with Crippen molar-refractivity contribution >= 4 is 30.4 Å². The van der Waals surface area contributed by atoms with Gasteiger partial charge in [0.1, 0.15) is 17.1 Å². The number of benzene rings is 2. The van der Waals surface area contributed by atoms with Crippen molar-refractivity contribution in [2.24, 2.45) is 0 Å². The van der Waals surface area contributed by atoms with Crippen molar-refractivity contribution in [3.05, 3.63) is 62.7 Å². The average molecular weight is 510 g/mol. The maximum absolute atomic E-state index is 13.2. The van der Waals surface area contributed by atoms with Crippen molar-refractivity contribution < 1.29 is 41.2 Å². The van der Waals surface area contributed by atoms with Gasteiger partial charge < -0.3 is 13.8 Å². The predicted octanol–water partition coefficient (Wildman–Crippen LogP) is 7.24. The van der Waals surface area contributed by atoms with Crippen molar-refractivity contribution in [2.75, 3.05) is 0 Å². The molecule has 180 valence electrons. The second-order valence-corrected chi connectivity index (χ2v) is 9.52. The van der Waals surface area contributed by atoms with Crippen LogP contribution in [0.4, 0.5) is 18.9 Å². The summed E-state index contributed by atoms with van der Waals surface area (Å²) in [6.45, 7) is 6.02. The number of ether oxygens (including phenoxy) is 1. The molecule has 0 saturated carbocycles. The Morgan fingerprint density at radius 2 is 1.64 bits per heavy atom. The quantitative estimate of drug-likeness (QED) is 0.199. The fraction of sp³-hybridized carbons (Fsp3) is 0.350. The molecule has 0 aromatic heterocycles. The van der Waals surface area contributed by atoms with Gasteiger partial charge in [0, 0.05) is 6.07 Å². The molecule has 0 radical (unpaired) electrons. The molecule has 0 spiro atoms. The number of rotatable bonds is 9. The normalized spacial score (nSPS) is 12.3. The maximum Gasteiger partial charge on any atom is 0.416 e. The first-order valence-corrected chi connectivity index (χ1v) is 11.4. The summed E-state index contributed by atoms with van der Waals surface area (Å²) in [5.41, 5.74) is -3.58. The van der Waals surface area contributed by atoms with Crippen LogP contribution in [0, 0.1) is 10.1 Å². The first kappa shape index (κ1) is 26.8. The number of carbonyl (C=O) groups excluding carboxylic acids is 1. The van der Waals surface area contributed by atoms with Crippen LogP contribution < -0.4 is 4.74 Å². The molecular weight excluding hydrogens is 490 g/mol. The molecule has 0 atom stereocenters. The Balaban J connectivity index is 2.51. The lowest BCUT2D eigenvalue weighted by Crippen LogP contribution is -2.15. The van der Waals surface area contributed by atoms with Gasteiger partial charge in [-0.2, -0.15) is 13.2 Å². The molecule has 0 bridgehead atoms. The number of alkyl halides is 3. The minimum Gasteiger partial charge on any atom is -0.456 e. The Morgan fingerprint density at radius 1 is 1.06 bits per heavy atom. The Labute approximate surface area is 192 Å². The van der Waals surface area contributed by atoms with Crippen LogP contribution in [0.15, 0.2) is 36.4 Å². The standard InChI is InChI=1S/C20H20ClF3NO7P/c1-11(2)31-33(29,32-12(3)4)19(26)15-10-14(6-7-17(15)25(27)28)30-18-8-5-13(9-16(18)21)20(22,23)24/h5-12H,1-4H3. The molecule has 0 fully saturated rings. The van der Waals surface area contributed by atoms with Gasteiger partial charge in [-0.15, -0.1) is 0 Å². The summed E-state index contributed by atoms with van der Waals surface area (Å²) >= 11 is 5.87. The molecule has 2 aromatic carbocycles. The smallest absolute Gasteiger partial charge is 0.416 e. The first-order chi connectivity index (χ1) is 15.1. The molecule has 0 unspecified atom stereocenters. The van der Waals surface area contributed by atoms with Gasteiger partial charge in [0.15, 0.2) is 0 Å². The zero-order valence-electron chi connectivity index (χ0n) is 17.9. The van der Waals surface area contributed by atoms with Gasteiger partial charge in [0.05, 0.1) is 27.7 Å². The summed E-state index contributed by atoms with van der Waals surface area (Å²) in [7, 11) is -4.50. The molecule has 0 saturated heterocycles. The zero-order chi connectivity index (χ0) is 25.1. The second kappa shape index (κ2) is 10.2. The summed E-state index contributed by atoms with van der Waals surface area (Å²) < 4.78 is 67.5. The zero-order valence-corrected chi connectivity index (χ0v) is 19.5. The molecule has 0 aliphatic rings. The molecule has 0 aliphatic carbocycles. The summed E-state index contributed by atoms with van der Waals surface area (Å²) in [6, 6.07) is 5.31. The third-order valence-electron chi connectivity index (χ3n) is 3.83. The van der Waals surface area contributed by atoms with Gasteiger partial charge in [0.2, 0.25) is 0 Å². The van der Waals surface area contributed by atoms with Gasteiger partial charge in [0.25, 0.3) is 11.2 Å². The number of halogens is 4. The highest BCUT2D eigenvalue weighted by molar-refractivity contribution is 7.72. The monoisotopic (exact) mass is 509 g/mol. The molecule has 0 amide bonds. The van der Waals surface area contributed by atoms with Crippen LogP contribution in [-0.4, -0.2) is 22.7 Å². The van der Waals surface area contributed by atoms with Crippen molar-refractivity contribution in [3.8, 4) is 11.5 Å². The Kier molecular flexibility index (Phi) is 8.29. The Morgan fingerprint density at radius 3 is 2.09 bits per heavy atom.